The van der Waals surface area contributed by atoms with Gasteiger partial charge in [0.25, 0.3) is 0 Å². The minimum absolute atomic E-state index is 0.0444. The van der Waals surface area contributed by atoms with E-state index in [2.05, 4.69) is 31.0 Å². The van der Waals surface area contributed by atoms with Gasteiger partial charge in [-0.1, -0.05) is 51.1 Å². The Bertz CT molecular complexity index is 1170. The van der Waals surface area contributed by atoms with E-state index in [1.54, 1.807) is 25.2 Å². The van der Waals surface area contributed by atoms with Gasteiger partial charge in [0, 0.05) is 19.7 Å². The zero-order chi connectivity index (χ0) is 23.5. The lowest BCUT2D eigenvalue weighted by Crippen LogP contribution is -2.39. The van der Waals surface area contributed by atoms with Gasteiger partial charge in [0.2, 0.25) is 27.7 Å². The number of benzene rings is 2. The Morgan fingerprint density at radius 2 is 1.59 bits per heavy atom. The molecule has 0 N–H and O–H groups in total. The summed E-state index contributed by atoms with van der Waals surface area (Å²) >= 11 is 0. The van der Waals surface area contributed by atoms with Crippen LogP contribution in [0.5, 0.6) is 0 Å². The van der Waals surface area contributed by atoms with E-state index in [9.17, 15) is 13.2 Å². The van der Waals surface area contributed by atoms with Crippen LogP contribution in [-0.4, -0.2) is 54.4 Å². The van der Waals surface area contributed by atoms with Crippen LogP contribution in [0.25, 0.3) is 11.5 Å². The Labute approximate surface area is 188 Å². The van der Waals surface area contributed by atoms with Gasteiger partial charge in [-0.05, 0) is 35.2 Å². The molecule has 0 atom stereocenters. The molecule has 0 saturated heterocycles. The lowest BCUT2D eigenvalue weighted by Gasteiger charge is -2.20. The fourth-order valence-corrected chi connectivity index (χ4v) is 4.15. The first-order valence-corrected chi connectivity index (χ1v) is 11.6. The summed E-state index contributed by atoms with van der Waals surface area (Å²) in [6, 6.07) is 15.9. The monoisotopic (exact) mass is 456 g/mol. The van der Waals surface area contributed by atoms with Gasteiger partial charge in [0.15, 0.2) is 0 Å². The van der Waals surface area contributed by atoms with Crippen molar-refractivity contribution in [2.75, 3.05) is 20.6 Å². The van der Waals surface area contributed by atoms with Crippen molar-refractivity contribution in [1.29, 1.82) is 0 Å². The maximum absolute atomic E-state index is 12.6. The Morgan fingerprint density at radius 1 is 0.969 bits per heavy atom. The average molecular weight is 457 g/mol. The molecule has 170 valence electrons. The fourth-order valence-electron chi connectivity index (χ4n) is 3.01. The molecule has 3 aromatic rings. The van der Waals surface area contributed by atoms with Gasteiger partial charge in [-0.3, -0.25) is 4.79 Å². The zero-order valence-corrected chi connectivity index (χ0v) is 19.8. The highest BCUT2D eigenvalue weighted by Crippen LogP contribution is 2.25. The van der Waals surface area contributed by atoms with Crippen LogP contribution in [0.1, 0.15) is 32.2 Å². The summed E-state index contributed by atoms with van der Waals surface area (Å²) in [5, 5.41) is 8.09. The van der Waals surface area contributed by atoms with Crippen LogP contribution in [-0.2, 0) is 26.8 Å². The van der Waals surface area contributed by atoms with Crippen LogP contribution >= 0.6 is 0 Å². The quantitative estimate of drug-likeness (QED) is 0.541. The van der Waals surface area contributed by atoms with Gasteiger partial charge in [0.1, 0.15) is 0 Å². The third-order valence-electron chi connectivity index (χ3n) is 5.07. The fraction of sp³-hybridized carbons (Fsp3) is 0.348. The molecular weight excluding hydrogens is 428 g/mol. The molecule has 0 saturated carbocycles. The molecule has 0 radical (unpaired) electrons. The number of hydrogen-bond donors (Lipinski definition) is 0. The number of amides is 1. The normalized spacial score (nSPS) is 12.2. The molecule has 32 heavy (non-hydrogen) atoms. The maximum atomic E-state index is 12.6. The molecule has 3 rings (SSSR count). The molecule has 8 nitrogen and oxygen atoms in total. The number of rotatable bonds is 7. The molecule has 0 aliphatic carbocycles. The number of hydrogen-bond acceptors (Lipinski definition) is 6. The molecule has 9 heteroatoms. The van der Waals surface area contributed by atoms with E-state index >= 15 is 0 Å². The second-order valence-electron chi connectivity index (χ2n) is 8.65. The Morgan fingerprint density at radius 3 is 2.19 bits per heavy atom. The molecule has 1 amide bonds. The minimum atomic E-state index is -3.75. The van der Waals surface area contributed by atoms with E-state index in [1.807, 2.05) is 24.3 Å². The summed E-state index contributed by atoms with van der Waals surface area (Å²) in [5.41, 5.74) is 2.03. The smallest absolute Gasteiger partial charge is 0.247 e. The summed E-state index contributed by atoms with van der Waals surface area (Å²) in [6.45, 7) is 6.20. The van der Waals surface area contributed by atoms with Gasteiger partial charge in [-0.15, -0.1) is 10.2 Å². The molecule has 0 aliphatic rings. The van der Waals surface area contributed by atoms with Crippen molar-refractivity contribution in [2.45, 2.75) is 37.6 Å². The molecule has 1 aromatic heterocycles. The number of aromatic nitrogens is 2. The van der Waals surface area contributed by atoms with Crippen molar-refractivity contribution in [1.82, 2.24) is 19.4 Å². The molecule has 0 unspecified atom stereocenters. The van der Waals surface area contributed by atoms with Gasteiger partial charge >= 0.3 is 0 Å². The summed E-state index contributed by atoms with van der Waals surface area (Å²) in [4.78, 5) is 14.1. The SMILES string of the molecule is CN(Cc1nnc(-c2ccc(C(C)(C)C)cc2)o1)C(=O)CN(C)S(=O)(=O)c1ccccc1. The standard InChI is InChI=1S/C23H28N4O4S/c1-23(2,3)18-13-11-17(12-14-18)22-25-24-20(31-22)15-26(4)21(28)16-27(5)32(29,30)19-9-7-6-8-10-19/h6-14H,15-16H2,1-5H3. The molecule has 0 spiro atoms. The van der Waals surface area contributed by atoms with Crippen LogP contribution in [0.15, 0.2) is 63.9 Å². The summed E-state index contributed by atoms with van der Waals surface area (Å²) < 4.78 is 32.0. The summed E-state index contributed by atoms with van der Waals surface area (Å²) in [7, 11) is -0.814. The highest BCUT2D eigenvalue weighted by molar-refractivity contribution is 7.89. The van der Waals surface area contributed by atoms with Crippen molar-refractivity contribution < 1.29 is 17.6 Å². The Kier molecular flexibility index (Phi) is 6.80. The third kappa shape index (κ3) is 5.41. The molecular formula is C23H28N4O4S. The molecule has 0 bridgehead atoms. The third-order valence-corrected chi connectivity index (χ3v) is 6.89. The van der Waals surface area contributed by atoms with Crippen molar-refractivity contribution in [2.24, 2.45) is 0 Å². The van der Waals surface area contributed by atoms with Gasteiger partial charge in [-0.2, -0.15) is 4.31 Å². The van der Waals surface area contributed by atoms with Gasteiger partial charge in [0.05, 0.1) is 18.0 Å². The van der Waals surface area contributed by atoms with Crippen molar-refractivity contribution >= 4 is 15.9 Å². The van der Waals surface area contributed by atoms with Gasteiger partial charge < -0.3 is 9.32 Å². The van der Waals surface area contributed by atoms with Crippen LogP contribution < -0.4 is 0 Å². The Hall–Kier alpha value is -3.04. The van der Waals surface area contributed by atoms with E-state index in [4.69, 9.17) is 4.42 Å². The number of nitrogens with zero attached hydrogens (tertiary/aromatic N) is 4. The summed E-state index contributed by atoms with van der Waals surface area (Å²) in [6.07, 6.45) is 0. The van der Waals surface area contributed by atoms with Crippen molar-refractivity contribution in [3.8, 4) is 11.5 Å². The second kappa shape index (κ2) is 9.22. The van der Waals surface area contributed by atoms with Crippen molar-refractivity contribution in [3.63, 3.8) is 0 Å². The van der Waals surface area contributed by atoms with Crippen molar-refractivity contribution in [3.05, 3.63) is 66.1 Å². The largest absolute Gasteiger partial charge is 0.419 e. The van der Waals surface area contributed by atoms with E-state index in [1.165, 1.54) is 29.6 Å². The van der Waals surface area contributed by atoms with Crippen LogP contribution in [0.3, 0.4) is 0 Å². The first-order valence-electron chi connectivity index (χ1n) is 10.2. The first-order chi connectivity index (χ1) is 15.0. The predicted octanol–water partition coefficient (Wildman–Crippen LogP) is 3.31. The number of carbonyl (C=O) groups is 1. The van der Waals surface area contributed by atoms with Crippen LogP contribution in [0.2, 0.25) is 0 Å². The topological polar surface area (TPSA) is 96.6 Å². The first kappa shape index (κ1) is 23.6. The van der Waals surface area contributed by atoms with Crippen LogP contribution in [0, 0.1) is 0 Å². The lowest BCUT2D eigenvalue weighted by atomic mass is 9.87. The Balaban J connectivity index is 1.63. The molecule has 0 aliphatic heterocycles. The molecule has 0 fully saturated rings. The second-order valence-corrected chi connectivity index (χ2v) is 10.7. The molecule has 2 aromatic carbocycles. The molecule has 1 heterocycles. The van der Waals surface area contributed by atoms with E-state index in [0.29, 0.717) is 5.89 Å². The van der Waals surface area contributed by atoms with E-state index in [-0.39, 0.29) is 35.2 Å². The summed E-state index contributed by atoms with van der Waals surface area (Å²) in [5.74, 6) is 0.246. The average Bonchev–Trinajstić information content (AvgIpc) is 3.22. The highest BCUT2D eigenvalue weighted by atomic mass is 32.2. The number of carbonyl (C=O) groups excluding carboxylic acids is 1. The number of sulfonamides is 1. The van der Waals surface area contributed by atoms with E-state index < -0.39 is 10.0 Å². The lowest BCUT2D eigenvalue weighted by molar-refractivity contribution is -0.130. The van der Waals surface area contributed by atoms with E-state index in [0.717, 1.165) is 9.87 Å². The predicted molar refractivity (Wildman–Crippen MR) is 121 cm³/mol. The highest BCUT2D eigenvalue weighted by Gasteiger charge is 2.25. The maximum Gasteiger partial charge on any atom is 0.247 e. The van der Waals surface area contributed by atoms with Gasteiger partial charge in [-0.25, -0.2) is 8.42 Å². The number of likely N-dealkylation sites (N-methyl/N-ethyl adjacent to an activating group) is 2. The zero-order valence-electron chi connectivity index (χ0n) is 18.9. The minimum Gasteiger partial charge on any atom is -0.419 e. The van der Waals surface area contributed by atoms with Crippen LogP contribution in [0.4, 0.5) is 0 Å².